The largest absolute Gasteiger partial charge is 0.478 e. The van der Waals surface area contributed by atoms with Crippen molar-refractivity contribution in [2.24, 2.45) is 0 Å². The number of methoxy groups -OCH3 is 1. The number of hydrogen-bond donors (Lipinski definition) is 3. The summed E-state index contributed by atoms with van der Waals surface area (Å²) in [5.41, 5.74) is 6.56. The summed E-state index contributed by atoms with van der Waals surface area (Å²) in [6, 6.07) is 28.4. The normalized spacial score (nSPS) is 12.8. The highest BCUT2D eigenvalue weighted by atomic mass is 16.5. The molecular formula is C33H30N4O6. The van der Waals surface area contributed by atoms with Crippen LogP contribution in [0.5, 0.6) is 0 Å². The zero-order valence-corrected chi connectivity index (χ0v) is 23.4. The number of anilines is 2. The molecule has 0 atom stereocenters. The molecule has 0 aromatic heterocycles. The predicted molar refractivity (Wildman–Crippen MR) is 161 cm³/mol. The Bertz CT molecular complexity index is 1600. The predicted octanol–water partition coefficient (Wildman–Crippen LogP) is 5.95. The molecule has 0 spiro atoms. The molecule has 0 aliphatic carbocycles. The molecule has 43 heavy (non-hydrogen) atoms. The lowest BCUT2D eigenvalue weighted by atomic mass is 10.1. The first-order chi connectivity index (χ1) is 20.8. The minimum absolute atomic E-state index is 0.151. The van der Waals surface area contributed by atoms with Gasteiger partial charge in [-0.2, -0.15) is 0 Å². The zero-order chi connectivity index (χ0) is 30.3. The number of hydrogen-bond acceptors (Lipinski definition) is 5. The molecule has 2 aliphatic heterocycles. The fourth-order valence-corrected chi connectivity index (χ4v) is 4.86. The molecule has 0 saturated carbocycles. The van der Waals surface area contributed by atoms with E-state index in [1.807, 2.05) is 48.5 Å². The van der Waals surface area contributed by atoms with Crippen molar-refractivity contribution in [2.75, 3.05) is 17.7 Å². The maximum absolute atomic E-state index is 12.3. The molecule has 10 heteroatoms. The van der Waals surface area contributed by atoms with Gasteiger partial charge in [0.2, 0.25) is 0 Å². The molecule has 3 N–H and O–H groups in total. The Kier molecular flexibility index (Phi) is 8.66. The summed E-state index contributed by atoms with van der Waals surface area (Å²) in [5, 5.41) is 14.5. The van der Waals surface area contributed by atoms with Gasteiger partial charge in [-0.15, -0.1) is 0 Å². The first-order valence-corrected chi connectivity index (χ1v) is 13.6. The van der Waals surface area contributed by atoms with Gasteiger partial charge < -0.3 is 30.3 Å². The van der Waals surface area contributed by atoms with Crippen LogP contribution < -0.4 is 10.6 Å². The van der Waals surface area contributed by atoms with E-state index in [0.717, 1.165) is 11.1 Å². The van der Waals surface area contributed by atoms with Crippen LogP contribution in [0, 0.1) is 0 Å². The molecule has 0 fully saturated rings. The van der Waals surface area contributed by atoms with E-state index in [4.69, 9.17) is 5.11 Å². The van der Waals surface area contributed by atoms with Gasteiger partial charge in [-0.05, 0) is 70.8 Å². The van der Waals surface area contributed by atoms with Gasteiger partial charge in [-0.3, -0.25) is 0 Å². The molecule has 0 saturated heterocycles. The van der Waals surface area contributed by atoms with Crippen molar-refractivity contribution in [3.63, 3.8) is 0 Å². The van der Waals surface area contributed by atoms with Gasteiger partial charge in [0, 0.05) is 37.6 Å². The molecule has 10 nitrogen and oxygen atoms in total. The molecule has 4 aromatic rings. The molecule has 4 aromatic carbocycles. The highest BCUT2D eigenvalue weighted by Crippen LogP contribution is 2.24. The summed E-state index contributed by atoms with van der Waals surface area (Å²) in [4.78, 5) is 50.1. The highest BCUT2D eigenvalue weighted by molar-refractivity contribution is 5.93. The fourth-order valence-electron chi connectivity index (χ4n) is 4.86. The zero-order valence-electron chi connectivity index (χ0n) is 23.4. The first kappa shape index (κ1) is 28.9. The molecule has 2 aliphatic rings. The number of carboxylic acids is 1. The van der Waals surface area contributed by atoms with Crippen LogP contribution in [0.1, 0.15) is 43.0 Å². The Balaban J connectivity index is 0.000000171. The van der Waals surface area contributed by atoms with Crippen molar-refractivity contribution in [3.05, 3.63) is 130 Å². The lowest BCUT2D eigenvalue weighted by molar-refractivity contribution is 0.0599. The van der Waals surface area contributed by atoms with E-state index in [1.165, 1.54) is 30.4 Å². The summed E-state index contributed by atoms with van der Waals surface area (Å²) in [5.74, 6) is -1.38. The van der Waals surface area contributed by atoms with E-state index < -0.39 is 11.9 Å². The van der Waals surface area contributed by atoms with E-state index in [1.54, 1.807) is 46.2 Å². The number of carboxylic acid groups (broad SMARTS) is 1. The number of fused-ring (bicyclic) bond motifs is 2. The van der Waals surface area contributed by atoms with E-state index in [-0.39, 0.29) is 17.6 Å². The van der Waals surface area contributed by atoms with E-state index >= 15 is 0 Å². The molecule has 0 radical (unpaired) electrons. The summed E-state index contributed by atoms with van der Waals surface area (Å²) in [6.07, 6.45) is 0. The van der Waals surface area contributed by atoms with Crippen LogP contribution in [0.3, 0.4) is 0 Å². The van der Waals surface area contributed by atoms with Crippen molar-refractivity contribution in [2.45, 2.75) is 26.2 Å². The fraction of sp³-hybridized carbons (Fsp3) is 0.152. The summed E-state index contributed by atoms with van der Waals surface area (Å²) in [7, 11) is 1.34. The Morgan fingerprint density at radius 3 is 1.26 bits per heavy atom. The molecule has 0 unspecified atom stereocenters. The van der Waals surface area contributed by atoms with Gasteiger partial charge in [0.05, 0.1) is 18.2 Å². The lowest BCUT2D eigenvalue weighted by Gasteiger charge is -2.16. The SMILES string of the molecule is COC(=O)c1ccc(NC(=O)N2Cc3ccccc3C2)cc1.O=C(O)c1ccc(NC(=O)N2Cc3ccccc3C2)cc1. The van der Waals surface area contributed by atoms with Crippen LogP contribution in [0.2, 0.25) is 0 Å². The number of benzene rings is 4. The van der Waals surface area contributed by atoms with Gasteiger partial charge in [0.15, 0.2) is 0 Å². The second-order valence-electron chi connectivity index (χ2n) is 10.1. The first-order valence-electron chi connectivity index (χ1n) is 13.6. The summed E-state index contributed by atoms with van der Waals surface area (Å²) >= 11 is 0. The van der Waals surface area contributed by atoms with Crippen LogP contribution in [0.4, 0.5) is 21.0 Å². The number of ether oxygens (including phenoxy) is 1. The quantitative estimate of drug-likeness (QED) is 0.257. The molecule has 6 rings (SSSR count). The van der Waals surface area contributed by atoms with Crippen LogP contribution in [-0.2, 0) is 30.9 Å². The molecule has 2 heterocycles. The van der Waals surface area contributed by atoms with Crippen molar-refractivity contribution >= 4 is 35.4 Å². The lowest BCUT2D eigenvalue weighted by Crippen LogP contribution is -2.30. The maximum Gasteiger partial charge on any atom is 0.337 e. The van der Waals surface area contributed by atoms with Crippen molar-refractivity contribution in [3.8, 4) is 0 Å². The van der Waals surface area contributed by atoms with Gasteiger partial charge in [0.1, 0.15) is 0 Å². The van der Waals surface area contributed by atoms with Crippen LogP contribution in [-0.4, -0.2) is 46.0 Å². The van der Waals surface area contributed by atoms with Crippen LogP contribution in [0.15, 0.2) is 97.1 Å². The average Bonchev–Trinajstić information content (AvgIpc) is 3.67. The van der Waals surface area contributed by atoms with Crippen molar-refractivity contribution in [1.29, 1.82) is 0 Å². The molecular weight excluding hydrogens is 548 g/mol. The number of nitrogens with one attached hydrogen (secondary N) is 2. The standard InChI is InChI=1S/C17H16N2O3.C16H14N2O3/c1-22-16(20)12-6-8-15(9-7-12)18-17(21)19-10-13-4-2-3-5-14(13)11-19;19-15(20)11-5-7-14(8-6-11)17-16(21)18-9-12-3-1-2-4-13(12)10-18/h2-9H,10-11H2,1H3,(H,18,21);1-8H,9-10H2,(H,17,21)(H,19,20). The second kappa shape index (κ2) is 12.9. The van der Waals surface area contributed by atoms with Crippen molar-refractivity contribution in [1.82, 2.24) is 9.80 Å². The van der Waals surface area contributed by atoms with Crippen molar-refractivity contribution < 1.29 is 29.0 Å². The average molecular weight is 579 g/mol. The number of nitrogens with zero attached hydrogens (tertiary/aromatic N) is 2. The Labute approximate surface area is 248 Å². The number of aromatic carboxylic acids is 1. The van der Waals surface area contributed by atoms with E-state index in [0.29, 0.717) is 43.1 Å². The highest BCUT2D eigenvalue weighted by Gasteiger charge is 2.24. The summed E-state index contributed by atoms with van der Waals surface area (Å²) in [6.45, 7) is 2.41. The van der Waals surface area contributed by atoms with Gasteiger partial charge in [-0.1, -0.05) is 48.5 Å². The van der Waals surface area contributed by atoms with E-state index in [9.17, 15) is 19.2 Å². The number of esters is 1. The minimum atomic E-state index is -0.983. The van der Waals surface area contributed by atoms with Gasteiger partial charge in [-0.25, -0.2) is 19.2 Å². The summed E-state index contributed by atoms with van der Waals surface area (Å²) < 4.78 is 4.64. The minimum Gasteiger partial charge on any atom is -0.478 e. The number of carbonyl (C=O) groups is 4. The van der Waals surface area contributed by atoms with Gasteiger partial charge >= 0.3 is 24.0 Å². The Hall–Kier alpha value is -5.64. The third-order valence-electron chi connectivity index (χ3n) is 7.20. The van der Waals surface area contributed by atoms with E-state index in [2.05, 4.69) is 15.4 Å². The molecule has 218 valence electrons. The second-order valence-corrected chi connectivity index (χ2v) is 10.1. The number of carbonyl (C=O) groups excluding carboxylic acids is 3. The van der Waals surface area contributed by atoms with Crippen LogP contribution in [0.25, 0.3) is 0 Å². The smallest absolute Gasteiger partial charge is 0.337 e. The van der Waals surface area contributed by atoms with Gasteiger partial charge in [0.25, 0.3) is 0 Å². The molecule has 0 bridgehead atoms. The number of rotatable bonds is 4. The maximum atomic E-state index is 12.3. The third-order valence-corrected chi connectivity index (χ3v) is 7.20. The topological polar surface area (TPSA) is 128 Å². The van der Waals surface area contributed by atoms with Crippen LogP contribution >= 0.6 is 0 Å². The Morgan fingerprint density at radius 2 is 0.930 bits per heavy atom. The monoisotopic (exact) mass is 578 g/mol. The number of urea groups is 2. The number of amides is 4. The Morgan fingerprint density at radius 1 is 0.581 bits per heavy atom. The third kappa shape index (κ3) is 6.99. The molecule has 4 amide bonds.